The van der Waals surface area contributed by atoms with Crippen LogP contribution in [-0.2, 0) is 4.79 Å². The predicted molar refractivity (Wildman–Crippen MR) is 81.3 cm³/mol. The van der Waals surface area contributed by atoms with Gasteiger partial charge in [-0.1, -0.05) is 37.3 Å². The Kier molecular flexibility index (Phi) is 4.72. The number of ketones is 1. The minimum Gasteiger partial charge on any atom is -0.511 e. The molecule has 0 heterocycles. The van der Waals surface area contributed by atoms with Crippen molar-refractivity contribution in [2.24, 2.45) is 4.99 Å². The Morgan fingerprint density at radius 2 is 2.05 bits per heavy atom. The second-order valence-corrected chi connectivity index (χ2v) is 5.33. The fourth-order valence-corrected chi connectivity index (χ4v) is 2.32. The van der Waals surface area contributed by atoms with E-state index in [2.05, 4.69) is 4.99 Å². The van der Waals surface area contributed by atoms with Crippen molar-refractivity contribution >= 4 is 12.0 Å². The van der Waals surface area contributed by atoms with Crippen molar-refractivity contribution in [1.82, 2.24) is 0 Å². The third-order valence-electron chi connectivity index (χ3n) is 3.80. The molecule has 3 heteroatoms. The van der Waals surface area contributed by atoms with Gasteiger partial charge >= 0.3 is 0 Å². The zero-order chi connectivity index (χ0) is 14.5. The van der Waals surface area contributed by atoms with Gasteiger partial charge in [0.1, 0.15) is 5.76 Å². The van der Waals surface area contributed by atoms with E-state index in [1.165, 1.54) is 0 Å². The van der Waals surface area contributed by atoms with E-state index in [-0.39, 0.29) is 23.5 Å². The number of hydrogen-bond acceptors (Lipinski definition) is 3. The summed E-state index contributed by atoms with van der Waals surface area (Å²) in [6, 6.07) is 10.1. The molecule has 3 nitrogen and oxygen atoms in total. The molecule has 2 atom stereocenters. The van der Waals surface area contributed by atoms with E-state index < -0.39 is 0 Å². The number of benzene rings is 1. The van der Waals surface area contributed by atoms with Gasteiger partial charge in [0.2, 0.25) is 0 Å². The molecule has 1 aliphatic carbocycles. The smallest absolute Gasteiger partial charge is 0.168 e. The maximum atomic E-state index is 12.2. The van der Waals surface area contributed by atoms with E-state index in [0.29, 0.717) is 18.4 Å². The lowest BCUT2D eigenvalue weighted by atomic mass is 9.83. The number of allylic oxidation sites excluding steroid dienone is 2. The number of rotatable bonds is 4. The van der Waals surface area contributed by atoms with Gasteiger partial charge in [0.25, 0.3) is 0 Å². The third kappa shape index (κ3) is 3.35. The van der Waals surface area contributed by atoms with Crippen LogP contribution in [0.25, 0.3) is 0 Å². The molecule has 0 saturated carbocycles. The van der Waals surface area contributed by atoms with Crippen LogP contribution < -0.4 is 0 Å². The van der Waals surface area contributed by atoms with Crippen molar-refractivity contribution in [3.8, 4) is 0 Å². The summed E-state index contributed by atoms with van der Waals surface area (Å²) in [6.45, 7) is 4.04. The van der Waals surface area contributed by atoms with E-state index in [4.69, 9.17) is 0 Å². The molecular formula is C17H21NO2. The maximum absolute atomic E-state index is 12.2. The van der Waals surface area contributed by atoms with Crippen molar-refractivity contribution in [3.05, 3.63) is 47.2 Å². The zero-order valence-corrected chi connectivity index (χ0v) is 12.0. The largest absolute Gasteiger partial charge is 0.511 e. The molecule has 2 rings (SSSR count). The summed E-state index contributed by atoms with van der Waals surface area (Å²) in [6.07, 6.45) is 3.42. The quantitative estimate of drug-likeness (QED) is 0.846. The molecule has 0 amide bonds. The van der Waals surface area contributed by atoms with Crippen LogP contribution in [-0.4, -0.2) is 23.1 Å². The molecule has 0 radical (unpaired) electrons. The number of carbonyl (C=O) groups is 1. The monoisotopic (exact) mass is 271 g/mol. The van der Waals surface area contributed by atoms with Gasteiger partial charge in [-0.05, 0) is 24.8 Å². The van der Waals surface area contributed by atoms with Gasteiger partial charge in [-0.2, -0.15) is 0 Å². The lowest BCUT2D eigenvalue weighted by molar-refractivity contribution is -0.116. The average Bonchev–Trinajstić information content (AvgIpc) is 2.46. The second kappa shape index (κ2) is 6.51. The minimum atomic E-state index is -0.0188. The van der Waals surface area contributed by atoms with Crippen LogP contribution >= 0.6 is 0 Å². The number of aliphatic hydroxyl groups excluding tert-OH is 1. The summed E-state index contributed by atoms with van der Waals surface area (Å²) in [5.41, 5.74) is 1.49. The van der Waals surface area contributed by atoms with Crippen LogP contribution in [0.2, 0.25) is 0 Å². The number of nitrogens with zero attached hydrogens (tertiary/aromatic N) is 1. The SMILES string of the molecule is CCC(C)N=CC1=C(O)CC(c2ccccc2)CC1=O. The third-order valence-corrected chi connectivity index (χ3v) is 3.80. The first-order chi connectivity index (χ1) is 9.61. The molecule has 2 unspecified atom stereocenters. The Balaban J connectivity index is 2.17. The summed E-state index contributed by atoms with van der Waals surface area (Å²) in [7, 11) is 0. The van der Waals surface area contributed by atoms with Crippen molar-refractivity contribution < 1.29 is 9.90 Å². The maximum Gasteiger partial charge on any atom is 0.168 e. The van der Waals surface area contributed by atoms with Crippen molar-refractivity contribution in [3.63, 3.8) is 0 Å². The van der Waals surface area contributed by atoms with Crippen LogP contribution in [0.15, 0.2) is 46.7 Å². The average molecular weight is 271 g/mol. The van der Waals surface area contributed by atoms with Crippen LogP contribution in [0.5, 0.6) is 0 Å². The van der Waals surface area contributed by atoms with Crippen LogP contribution in [0.4, 0.5) is 0 Å². The van der Waals surface area contributed by atoms with Crippen molar-refractivity contribution in [2.75, 3.05) is 0 Å². The van der Waals surface area contributed by atoms with Gasteiger partial charge in [-0.15, -0.1) is 0 Å². The highest BCUT2D eigenvalue weighted by atomic mass is 16.3. The first kappa shape index (κ1) is 14.5. The minimum absolute atomic E-state index is 0.0188. The number of aliphatic imine (C=N–C) groups is 1. The summed E-state index contributed by atoms with van der Waals surface area (Å²) in [5.74, 6) is 0.223. The molecule has 0 aromatic heterocycles. The van der Waals surface area contributed by atoms with E-state index >= 15 is 0 Å². The topological polar surface area (TPSA) is 49.7 Å². The second-order valence-electron chi connectivity index (χ2n) is 5.33. The summed E-state index contributed by atoms with van der Waals surface area (Å²) < 4.78 is 0. The molecule has 1 aliphatic rings. The molecule has 0 spiro atoms. The molecule has 0 fully saturated rings. The Morgan fingerprint density at radius 1 is 1.35 bits per heavy atom. The summed E-state index contributed by atoms with van der Waals surface area (Å²) in [5, 5.41) is 10.1. The predicted octanol–water partition coefficient (Wildman–Crippen LogP) is 3.81. The van der Waals surface area contributed by atoms with Crippen LogP contribution in [0.3, 0.4) is 0 Å². The molecule has 0 saturated heterocycles. The van der Waals surface area contributed by atoms with Gasteiger partial charge < -0.3 is 5.11 Å². The normalized spacial score (nSPS) is 21.5. The van der Waals surface area contributed by atoms with Crippen molar-refractivity contribution in [2.45, 2.75) is 45.1 Å². The van der Waals surface area contributed by atoms with Gasteiger partial charge in [-0.3, -0.25) is 9.79 Å². The van der Waals surface area contributed by atoms with E-state index in [1.807, 2.05) is 44.2 Å². The Morgan fingerprint density at radius 3 is 2.65 bits per heavy atom. The number of aliphatic hydroxyl groups is 1. The first-order valence-corrected chi connectivity index (χ1v) is 7.15. The number of Topliss-reactive ketones (excluding diaryl/α,β-unsaturated/α-hetero) is 1. The van der Waals surface area contributed by atoms with Crippen molar-refractivity contribution in [1.29, 1.82) is 0 Å². The molecule has 106 valence electrons. The molecule has 1 aromatic rings. The lowest BCUT2D eigenvalue weighted by Gasteiger charge is -2.22. The summed E-state index contributed by atoms with van der Waals surface area (Å²) in [4.78, 5) is 16.5. The van der Waals surface area contributed by atoms with Gasteiger partial charge in [0.05, 0.1) is 5.57 Å². The standard InChI is InChI=1S/C17H21NO2/c1-3-12(2)18-11-15-16(19)9-14(10-17(15)20)13-7-5-4-6-8-13/h4-8,11-12,14,19H,3,9-10H2,1-2H3. The van der Waals surface area contributed by atoms with E-state index in [0.717, 1.165) is 12.0 Å². The summed E-state index contributed by atoms with van der Waals surface area (Å²) >= 11 is 0. The lowest BCUT2D eigenvalue weighted by Crippen LogP contribution is -2.19. The van der Waals surface area contributed by atoms with Crippen LogP contribution in [0, 0.1) is 0 Å². The fraction of sp³-hybridized carbons (Fsp3) is 0.412. The highest BCUT2D eigenvalue weighted by molar-refractivity contribution is 6.14. The Hall–Kier alpha value is -1.90. The molecule has 20 heavy (non-hydrogen) atoms. The van der Waals surface area contributed by atoms with Crippen LogP contribution in [0.1, 0.15) is 44.6 Å². The highest BCUT2D eigenvalue weighted by Crippen LogP contribution is 2.32. The first-order valence-electron chi connectivity index (χ1n) is 7.15. The highest BCUT2D eigenvalue weighted by Gasteiger charge is 2.27. The molecule has 1 aromatic carbocycles. The number of hydrogen-bond donors (Lipinski definition) is 1. The molecular weight excluding hydrogens is 250 g/mol. The number of carbonyl (C=O) groups excluding carboxylic acids is 1. The zero-order valence-electron chi connectivity index (χ0n) is 12.0. The van der Waals surface area contributed by atoms with Gasteiger partial charge in [-0.25, -0.2) is 0 Å². The molecule has 1 N–H and O–H groups in total. The molecule has 0 bridgehead atoms. The molecule has 0 aliphatic heterocycles. The Labute approximate surface area is 120 Å². The Bertz CT molecular complexity index is 531. The van der Waals surface area contributed by atoms with E-state index in [1.54, 1.807) is 6.21 Å². The van der Waals surface area contributed by atoms with Gasteiger partial charge in [0.15, 0.2) is 5.78 Å². The fourth-order valence-electron chi connectivity index (χ4n) is 2.32. The van der Waals surface area contributed by atoms with E-state index in [9.17, 15) is 9.90 Å². The van der Waals surface area contributed by atoms with Gasteiger partial charge in [0, 0.05) is 25.1 Å².